The Labute approximate surface area is 115 Å². The molecule has 0 saturated carbocycles. The summed E-state index contributed by atoms with van der Waals surface area (Å²) >= 11 is 3.36. The maximum Gasteiger partial charge on any atom is 0.139 e. The Kier molecular flexibility index (Phi) is 4.16. The quantitative estimate of drug-likeness (QED) is 0.846. The van der Waals surface area contributed by atoms with E-state index in [1.807, 2.05) is 43.6 Å². The molecule has 0 radical (unpaired) electrons. The first-order valence-electron chi connectivity index (χ1n) is 5.72. The van der Waals surface area contributed by atoms with Gasteiger partial charge in [0.2, 0.25) is 0 Å². The topological polar surface area (TPSA) is 41.8 Å². The van der Waals surface area contributed by atoms with Crippen LogP contribution in [0.2, 0.25) is 0 Å². The lowest BCUT2D eigenvalue weighted by molar-refractivity contribution is -0.867. The van der Waals surface area contributed by atoms with E-state index in [4.69, 9.17) is 4.74 Å². The number of hydrogen-bond acceptors (Lipinski definition) is 3. The minimum atomic E-state index is -0.568. The highest BCUT2D eigenvalue weighted by Crippen LogP contribution is 2.19. The van der Waals surface area contributed by atoms with Crippen molar-refractivity contribution in [3.63, 3.8) is 0 Å². The maximum atomic E-state index is 9.96. The van der Waals surface area contributed by atoms with Gasteiger partial charge in [-0.25, -0.2) is 0 Å². The molecule has 1 aliphatic heterocycles. The van der Waals surface area contributed by atoms with E-state index in [9.17, 15) is 5.11 Å². The molecule has 2 rings (SSSR count). The molecular weight excluding hydrogens is 296 g/mol. The molecule has 0 spiro atoms. The van der Waals surface area contributed by atoms with Crippen LogP contribution in [0.25, 0.3) is 0 Å². The number of rotatable bonds is 5. The van der Waals surface area contributed by atoms with Crippen LogP contribution in [-0.4, -0.2) is 42.2 Å². The van der Waals surface area contributed by atoms with Gasteiger partial charge in [-0.3, -0.25) is 0 Å². The van der Waals surface area contributed by atoms with Gasteiger partial charge in [0.15, 0.2) is 0 Å². The van der Waals surface area contributed by atoms with E-state index in [0.717, 1.165) is 10.2 Å². The molecule has 1 aliphatic rings. The summed E-state index contributed by atoms with van der Waals surface area (Å²) < 4.78 is 6.77. The second kappa shape index (κ2) is 5.65. The maximum absolute atomic E-state index is 9.96. The number of nitrogens with zero attached hydrogens (tertiary/aromatic N) is 2. The number of halogens is 1. The third-order valence-corrected chi connectivity index (χ3v) is 3.02. The van der Waals surface area contributed by atoms with Gasteiger partial charge in [0, 0.05) is 0 Å². The van der Waals surface area contributed by atoms with E-state index in [0.29, 0.717) is 11.1 Å². The first kappa shape index (κ1) is 13.3. The van der Waals surface area contributed by atoms with E-state index in [-0.39, 0.29) is 6.61 Å². The molecule has 0 amide bonds. The Balaban J connectivity index is 1.83. The summed E-state index contributed by atoms with van der Waals surface area (Å²) in [5, 5.41) is 14.3. The van der Waals surface area contributed by atoms with Crippen molar-refractivity contribution in [2.75, 3.05) is 20.2 Å². The van der Waals surface area contributed by atoms with Gasteiger partial charge < -0.3 is 9.84 Å². The number of benzene rings is 1. The zero-order chi connectivity index (χ0) is 13.0. The van der Waals surface area contributed by atoms with Crippen molar-refractivity contribution in [3.05, 3.63) is 41.0 Å². The molecule has 5 heteroatoms. The van der Waals surface area contributed by atoms with Crippen LogP contribution in [0.1, 0.15) is 0 Å². The zero-order valence-electron chi connectivity index (χ0n) is 10.2. The van der Waals surface area contributed by atoms with Gasteiger partial charge in [-0.15, -0.1) is 0 Å². The molecule has 0 aromatic heterocycles. The summed E-state index contributed by atoms with van der Waals surface area (Å²) in [5.74, 6) is 0.765. The van der Waals surface area contributed by atoms with E-state index in [1.54, 1.807) is 6.21 Å². The Hall–Kier alpha value is -1.17. The van der Waals surface area contributed by atoms with Crippen LogP contribution in [-0.2, 0) is 0 Å². The van der Waals surface area contributed by atoms with Gasteiger partial charge in [0.1, 0.15) is 37.4 Å². The summed E-state index contributed by atoms with van der Waals surface area (Å²) in [5.41, 5.74) is 0. The molecule has 1 unspecified atom stereocenters. The molecule has 1 aromatic rings. The number of para-hydroxylation sites is 1. The van der Waals surface area contributed by atoms with E-state index < -0.39 is 6.10 Å². The van der Waals surface area contributed by atoms with Crippen LogP contribution in [0.15, 0.2) is 46.1 Å². The molecule has 2 atom stereocenters. The SMILES string of the molecule is C[N+]1(C[C@@H](O)COc2ccccc2)C=C(Br)C=N1. The van der Waals surface area contributed by atoms with Crippen molar-refractivity contribution in [2.24, 2.45) is 5.10 Å². The summed E-state index contributed by atoms with van der Waals surface area (Å²) in [7, 11) is 1.93. The average Bonchev–Trinajstić information content (AvgIpc) is 2.68. The monoisotopic (exact) mass is 311 g/mol. The second-order valence-corrected chi connectivity index (χ2v) is 5.35. The van der Waals surface area contributed by atoms with Gasteiger partial charge in [0.25, 0.3) is 0 Å². The van der Waals surface area contributed by atoms with Crippen molar-refractivity contribution in [1.82, 2.24) is 0 Å². The lowest BCUT2D eigenvalue weighted by atomic mass is 10.3. The predicted octanol–water partition coefficient (Wildman–Crippen LogP) is 2.11. The molecular formula is C13H16BrN2O2+. The van der Waals surface area contributed by atoms with Gasteiger partial charge >= 0.3 is 0 Å². The zero-order valence-corrected chi connectivity index (χ0v) is 11.7. The number of ether oxygens (including phenoxy) is 1. The largest absolute Gasteiger partial charge is 0.491 e. The number of aliphatic hydroxyl groups is 1. The van der Waals surface area contributed by atoms with Crippen molar-refractivity contribution in [3.8, 4) is 5.75 Å². The third kappa shape index (κ3) is 3.66. The molecule has 18 heavy (non-hydrogen) atoms. The normalized spacial score (nSPS) is 23.8. The molecule has 0 aliphatic carbocycles. The fourth-order valence-corrected chi connectivity index (χ4v) is 2.34. The lowest BCUT2D eigenvalue weighted by Crippen LogP contribution is -2.40. The van der Waals surface area contributed by atoms with Crippen LogP contribution in [0.4, 0.5) is 0 Å². The van der Waals surface area contributed by atoms with Crippen LogP contribution in [0.3, 0.4) is 0 Å². The molecule has 0 bridgehead atoms. The Morgan fingerprint density at radius 1 is 1.39 bits per heavy atom. The Morgan fingerprint density at radius 2 is 2.11 bits per heavy atom. The number of hydrogen-bond donors (Lipinski definition) is 1. The van der Waals surface area contributed by atoms with Crippen molar-refractivity contribution in [2.45, 2.75) is 6.10 Å². The number of quaternary nitrogens is 1. The van der Waals surface area contributed by atoms with Crippen molar-refractivity contribution >= 4 is 22.1 Å². The molecule has 0 fully saturated rings. The Morgan fingerprint density at radius 3 is 2.72 bits per heavy atom. The summed E-state index contributed by atoms with van der Waals surface area (Å²) in [6.07, 6.45) is 3.11. The van der Waals surface area contributed by atoms with Crippen LogP contribution >= 0.6 is 15.9 Å². The fourth-order valence-electron chi connectivity index (χ4n) is 1.81. The molecule has 1 N–H and O–H groups in total. The molecule has 1 heterocycles. The van der Waals surface area contributed by atoms with E-state index in [2.05, 4.69) is 21.0 Å². The van der Waals surface area contributed by atoms with Crippen LogP contribution in [0.5, 0.6) is 5.75 Å². The number of allylic oxidation sites excluding steroid dienone is 1. The summed E-state index contributed by atoms with van der Waals surface area (Å²) in [6.45, 7) is 0.747. The van der Waals surface area contributed by atoms with Crippen molar-refractivity contribution in [1.29, 1.82) is 0 Å². The minimum absolute atomic E-state index is 0.263. The predicted molar refractivity (Wildman–Crippen MR) is 74.5 cm³/mol. The highest BCUT2D eigenvalue weighted by molar-refractivity contribution is 9.12. The van der Waals surface area contributed by atoms with Gasteiger partial charge in [-0.2, -0.15) is 4.59 Å². The third-order valence-electron chi connectivity index (χ3n) is 2.61. The number of aliphatic hydroxyl groups excluding tert-OH is 1. The smallest absolute Gasteiger partial charge is 0.139 e. The highest BCUT2D eigenvalue weighted by Gasteiger charge is 2.27. The van der Waals surface area contributed by atoms with Gasteiger partial charge in [-0.1, -0.05) is 23.3 Å². The molecule has 0 saturated heterocycles. The van der Waals surface area contributed by atoms with E-state index >= 15 is 0 Å². The van der Waals surface area contributed by atoms with Crippen LogP contribution < -0.4 is 4.74 Å². The van der Waals surface area contributed by atoms with Crippen LogP contribution in [0, 0.1) is 0 Å². The fraction of sp³-hybridized carbons (Fsp3) is 0.308. The standard InChI is InChI=1S/C13H16BrN2O2/c1-16(8-11(14)7-15-16)9-12(17)10-18-13-5-3-2-4-6-13/h2-8,12,17H,9-10H2,1H3/q+1/t12-,16?/m1/s1. The van der Waals surface area contributed by atoms with Gasteiger partial charge in [-0.05, 0) is 28.1 Å². The summed E-state index contributed by atoms with van der Waals surface area (Å²) in [6, 6.07) is 9.47. The van der Waals surface area contributed by atoms with Crippen molar-refractivity contribution < 1.29 is 14.4 Å². The summed E-state index contributed by atoms with van der Waals surface area (Å²) in [4.78, 5) is 0. The molecule has 4 nitrogen and oxygen atoms in total. The first-order chi connectivity index (χ1) is 8.57. The highest BCUT2D eigenvalue weighted by atomic mass is 79.9. The average molecular weight is 312 g/mol. The van der Waals surface area contributed by atoms with E-state index in [1.165, 1.54) is 0 Å². The van der Waals surface area contributed by atoms with Gasteiger partial charge in [0.05, 0.1) is 11.5 Å². The first-order valence-corrected chi connectivity index (χ1v) is 6.52. The molecule has 1 aromatic carbocycles. The minimum Gasteiger partial charge on any atom is -0.491 e. The number of likely N-dealkylation sites (N-methyl/N-ethyl adjacent to an activating group) is 1. The second-order valence-electron chi connectivity index (χ2n) is 4.43. The molecule has 96 valence electrons. The Bertz CT molecular complexity index is 461. The lowest BCUT2D eigenvalue weighted by Gasteiger charge is -2.23.